The summed E-state index contributed by atoms with van der Waals surface area (Å²) in [4.78, 5) is 16.0. The van der Waals surface area contributed by atoms with Gasteiger partial charge >= 0.3 is 5.76 Å². The van der Waals surface area contributed by atoms with E-state index in [1.807, 2.05) is 24.3 Å². The zero-order valence-corrected chi connectivity index (χ0v) is 22.6. The topological polar surface area (TPSA) is 144 Å². The molecule has 0 aliphatic carbocycles. The maximum absolute atomic E-state index is 15.1. The predicted molar refractivity (Wildman–Crippen MR) is 140 cm³/mol. The Labute approximate surface area is 221 Å². The molecule has 15 heteroatoms. The summed E-state index contributed by atoms with van der Waals surface area (Å²) < 4.78 is 78.2. The van der Waals surface area contributed by atoms with Crippen molar-refractivity contribution in [1.82, 2.24) is 18.2 Å². The Morgan fingerprint density at radius 1 is 1.18 bits per heavy atom. The monoisotopic (exact) mass is 579 g/mol. The van der Waals surface area contributed by atoms with Gasteiger partial charge in [0.25, 0.3) is 10.0 Å². The van der Waals surface area contributed by atoms with E-state index in [2.05, 4.69) is 14.1 Å². The van der Waals surface area contributed by atoms with Crippen LogP contribution in [0, 0.1) is 5.82 Å². The van der Waals surface area contributed by atoms with Gasteiger partial charge in [0.05, 0.1) is 17.8 Å². The fraction of sp³-hybridized carbons (Fsp3) is 0.261. The van der Waals surface area contributed by atoms with Crippen LogP contribution in [0.3, 0.4) is 0 Å². The number of nitrogens with zero attached hydrogens (tertiary/aromatic N) is 4. The number of aromatic nitrogens is 3. The van der Waals surface area contributed by atoms with Crippen LogP contribution in [0.5, 0.6) is 0 Å². The molecule has 38 heavy (non-hydrogen) atoms. The number of anilines is 1. The van der Waals surface area contributed by atoms with Gasteiger partial charge in [-0.1, -0.05) is 30.3 Å². The first-order valence-electron chi connectivity index (χ1n) is 11.3. The van der Waals surface area contributed by atoms with Crippen LogP contribution in [0.2, 0.25) is 0 Å². The summed E-state index contributed by atoms with van der Waals surface area (Å²) in [6.07, 6.45) is 4.65. The van der Waals surface area contributed by atoms with Crippen molar-refractivity contribution in [2.45, 2.75) is 24.3 Å². The van der Waals surface area contributed by atoms with Gasteiger partial charge in [0.15, 0.2) is 5.58 Å². The largest absolute Gasteiger partial charge is 0.420 e. The highest BCUT2D eigenvalue weighted by Crippen LogP contribution is 2.33. The second-order valence-corrected chi connectivity index (χ2v) is 13.1. The summed E-state index contributed by atoms with van der Waals surface area (Å²) in [6, 6.07) is 8.66. The molecule has 0 unspecified atom stereocenters. The molecule has 5 rings (SSSR count). The highest BCUT2D eigenvalue weighted by atomic mass is 32.2. The first-order valence-corrected chi connectivity index (χ1v) is 15.4. The minimum absolute atomic E-state index is 0.0366. The maximum Gasteiger partial charge on any atom is 0.420 e. The van der Waals surface area contributed by atoms with Crippen molar-refractivity contribution >= 4 is 53.4 Å². The summed E-state index contributed by atoms with van der Waals surface area (Å²) in [5.41, 5.74) is 2.49. The van der Waals surface area contributed by atoms with Crippen LogP contribution in [0.4, 0.5) is 9.52 Å². The maximum atomic E-state index is 15.1. The molecule has 200 valence electrons. The number of hydrogen-bond donors (Lipinski definition) is 1. The van der Waals surface area contributed by atoms with Gasteiger partial charge in [0.2, 0.25) is 15.2 Å². The zero-order chi connectivity index (χ0) is 27.2. The third-order valence-corrected chi connectivity index (χ3v) is 9.66. The SMILES string of the molecule is C[C@H](c1ccccc1C1=CCN(S(C)(=O)=O)CC1)n1c(=O)oc2cc(S(=O)(=O)Nc3ncns3)c(F)cc21. The Morgan fingerprint density at radius 2 is 1.95 bits per heavy atom. The number of nitrogens with one attached hydrogen (secondary N) is 1. The molecule has 0 bridgehead atoms. The molecule has 1 N–H and O–H groups in total. The first kappa shape index (κ1) is 26.2. The van der Waals surface area contributed by atoms with E-state index >= 15 is 4.39 Å². The Balaban J connectivity index is 1.54. The molecule has 4 aromatic rings. The Bertz CT molecular complexity index is 1830. The quantitative estimate of drug-likeness (QED) is 0.352. The molecule has 1 aliphatic rings. The molecular weight excluding hydrogens is 557 g/mol. The minimum atomic E-state index is -4.36. The van der Waals surface area contributed by atoms with Crippen molar-refractivity contribution in [1.29, 1.82) is 0 Å². The molecular formula is C23H22FN5O6S3. The van der Waals surface area contributed by atoms with Gasteiger partial charge in [-0.3, -0.25) is 9.29 Å². The molecule has 0 spiro atoms. The lowest BCUT2D eigenvalue weighted by Crippen LogP contribution is -2.33. The lowest BCUT2D eigenvalue weighted by Gasteiger charge is -2.26. The van der Waals surface area contributed by atoms with Crippen LogP contribution >= 0.6 is 11.5 Å². The van der Waals surface area contributed by atoms with E-state index in [9.17, 15) is 21.6 Å². The third kappa shape index (κ3) is 4.89. The number of rotatable bonds is 7. The molecule has 0 amide bonds. The summed E-state index contributed by atoms with van der Waals surface area (Å²) in [6.45, 7) is 2.31. The Kier molecular flexibility index (Phi) is 6.71. The standard InChI is InChI=1S/C23H22FN5O6S3/c1-14(16-5-3-4-6-17(16)15-7-9-28(10-8-15)37(2,31)32)29-19-11-18(24)21(12-20(19)35-23(29)30)38(33,34)27-22-25-13-26-36-22/h3-7,11-14H,8-10H2,1-2H3,(H,25,26,27)/t14-/m1/s1. The second kappa shape index (κ2) is 9.72. The molecule has 11 nitrogen and oxygen atoms in total. The van der Waals surface area contributed by atoms with Crippen molar-refractivity contribution in [3.63, 3.8) is 0 Å². The minimum Gasteiger partial charge on any atom is -0.408 e. The van der Waals surface area contributed by atoms with E-state index in [-0.39, 0.29) is 22.8 Å². The van der Waals surface area contributed by atoms with Crippen LogP contribution in [0.15, 0.2) is 62.9 Å². The normalized spacial score (nSPS) is 15.9. The third-order valence-electron chi connectivity index (χ3n) is 6.32. The number of halogens is 1. The summed E-state index contributed by atoms with van der Waals surface area (Å²) >= 11 is 0.788. The van der Waals surface area contributed by atoms with E-state index in [4.69, 9.17) is 4.42 Å². The van der Waals surface area contributed by atoms with Gasteiger partial charge < -0.3 is 4.42 Å². The van der Waals surface area contributed by atoms with E-state index in [0.29, 0.717) is 13.0 Å². The Morgan fingerprint density at radius 3 is 2.61 bits per heavy atom. The van der Waals surface area contributed by atoms with Gasteiger partial charge in [-0.15, -0.1) is 0 Å². The van der Waals surface area contributed by atoms with Crippen molar-refractivity contribution in [3.05, 3.63) is 76.3 Å². The molecule has 0 radical (unpaired) electrons. The number of oxazole rings is 1. The molecule has 0 saturated heterocycles. The molecule has 1 aliphatic heterocycles. The van der Waals surface area contributed by atoms with E-state index in [0.717, 1.165) is 46.7 Å². The summed E-state index contributed by atoms with van der Waals surface area (Å²) in [5, 5.41) is -0.0366. The average Bonchev–Trinajstić information content (AvgIpc) is 3.48. The number of fused-ring (bicyclic) bond motifs is 1. The first-order chi connectivity index (χ1) is 18.0. The number of hydrogen-bond acceptors (Lipinski definition) is 9. The fourth-order valence-corrected chi connectivity index (χ4v) is 6.99. The van der Waals surface area contributed by atoms with E-state index in [1.165, 1.54) is 15.1 Å². The molecule has 0 fully saturated rings. The van der Waals surface area contributed by atoms with E-state index < -0.39 is 42.6 Å². The Hall–Kier alpha value is -3.40. The van der Waals surface area contributed by atoms with Crippen LogP contribution < -0.4 is 10.5 Å². The van der Waals surface area contributed by atoms with Crippen LogP contribution in [0.25, 0.3) is 16.7 Å². The lowest BCUT2D eigenvalue weighted by atomic mass is 9.92. The van der Waals surface area contributed by atoms with Crippen molar-refractivity contribution in [3.8, 4) is 0 Å². The second-order valence-electron chi connectivity index (χ2n) is 8.70. The molecule has 1 atom stereocenters. The van der Waals surface area contributed by atoms with Crippen molar-refractivity contribution < 1.29 is 25.6 Å². The molecule has 0 saturated carbocycles. The van der Waals surface area contributed by atoms with Gasteiger partial charge in [0, 0.05) is 36.8 Å². The highest BCUT2D eigenvalue weighted by Gasteiger charge is 2.27. The van der Waals surface area contributed by atoms with Gasteiger partial charge in [0.1, 0.15) is 17.0 Å². The zero-order valence-electron chi connectivity index (χ0n) is 20.2. The fourth-order valence-electron chi connectivity index (χ4n) is 4.49. The van der Waals surface area contributed by atoms with Crippen LogP contribution in [-0.4, -0.2) is 54.4 Å². The smallest absolute Gasteiger partial charge is 0.408 e. The van der Waals surface area contributed by atoms with Crippen LogP contribution in [-0.2, 0) is 20.0 Å². The highest BCUT2D eigenvalue weighted by molar-refractivity contribution is 7.93. The molecule has 2 aromatic heterocycles. The van der Waals surface area contributed by atoms with Gasteiger partial charge in [-0.05, 0) is 30.0 Å². The lowest BCUT2D eigenvalue weighted by molar-refractivity contribution is 0.445. The summed E-state index contributed by atoms with van der Waals surface area (Å²) in [5.74, 6) is -1.85. The number of sulfonamides is 2. The number of benzene rings is 2. The van der Waals surface area contributed by atoms with Crippen molar-refractivity contribution in [2.75, 3.05) is 24.1 Å². The molecule has 3 heterocycles. The summed E-state index contributed by atoms with van der Waals surface area (Å²) in [7, 11) is -7.67. The van der Waals surface area contributed by atoms with Crippen molar-refractivity contribution in [2.24, 2.45) is 0 Å². The average molecular weight is 580 g/mol. The van der Waals surface area contributed by atoms with Gasteiger partial charge in [-0.25, -0.2) is 31.0 Å². The predicted octanol–water partition coefficient (Wildman–Crippen LogP) is 3.04. The molecule has 2 aromatic carbocycles. The van der Waals surface area contributed by atoms with Gasteiger partial charge in [-0.2, -0.15) is 8.68 Å². The van der Waals surface area contributed by atoms with E-state index in [1.54, 1.807) is 13.0 Å². The van der Waals surface area contributed by atoms with Crippen LogP contribution in [0.1, 0.15) is 30.5 Å².